The molecule has 0 saturated carbocycles. The molecule has 0 radical (unpaired) electrons. The maximum Gasteiger partial charge on any atom is 0.337 e. The first-order valence-corrected chi connectivity index (χ1v) is 8.82. The van der Waals surface area contributed by atoms with E-state index in [9.17, 15) is 9.90 Å². The minimum absolute atomic E-state index is 0.203. The third kappa shape index (κ3) is 3.79. The maximum atomic E-state index is 11.4. The van der Waals surface area contributed by atoms with Crippen LogP contribution in [-0.4, -0.2) is 30.8 Å². The molecule has 134 valence electrons. The summed E-state index contributed by atoms with van der Waals surface area (Å²) in [5, 5.41) is 13.9. The number of aromatic nitrogens is 4. The molecule has 3 aromatic rings. The lowest BCUT2D eigenvalue weighted by Gasteiger charge is -2.08. The fourth-order valence-electron chi connectivity index (χ4n) is 2.86. The highest BCUT2D eigenvalue weighted by Gasteiger charge is 2.13. The van der Waals surface area contributed by atoms with Crippen LogP contribution in [0.1, 0.15) is 47.8 Å². The molecule has 6 heteroatoms. The Balaban J connectivity index is 1.85. The largest absolute Gasteiger partial charge is 0.478 e. The van der Waals surface area contributed by atoms with E-state index >= 15 is 0 Å². The fourth-order valence-corrected chi connectivity index (χ4v) is 2.86. The van der Waals surface area contributed by atoms with E-state index in [0.717, 1.165) is 42.0 Å². The number of rotatable bonds is 7. The van der Waals surface area contributed by atoms with E-state index in [4.69, 9.17) is 0 Å². The van der Waals surface area contributed by atoms with Crippen molar-refractivity contribution in [2.45, 2.75) is 39.7 Å². The molecule has 0 aliphatic rings. The predicted molar refractivity (Wildman–Crippen MR) is 99.1 cm³/mol. The minimum atomic E-state index is -0.976. The molecular weight excluding hydrogens is 328 g/mol. The van der Waals surface area contributed by atoms with Gasteiger partial charge in [0.15, 0.2) is 5.82 Å². The molecule has 2 aromatic heterocycles. The maximum absolute atomic E-state index is 11.4. The number of carbonyl (C=O) groups is 1. The molecule has 2 heterocycles. The lowest BCUT2D eigenvalue weighted by atomic mass is 10.0. The van der Waals surface area contributed by atoms with Gasteiger partial charge in [0.25, 0.3) is 0 Å². The van der Waals surface area contributed by atoms with Gasteiger partial charge in [-0.15, -0.1) is 0 Å². The molecule has 0 unspecified atom stereocenters. The van der Waals surface area contributed by atoms with E-state index in [0.29, 0.717) is 12.2 Å². The summed E-state index contributed by atoms with van der Waals surface area (Å²) in [6.07, 6.45) is 4.36. The molecule has 1 N–H and O–H groups in total. The summed E-state index contributed by atoms with van der Waals surface area (Å²) in [4.78, 5) is 20.2. The monoisotopic (exact) mass is 350 g/mol. The summed E-state index contributed by atoms with van der Waals surface area (Å²) in [7, 11) is 0. The van der Waals surface area contributed by atoms with E-state index in [-0.39, 0.29) is 5.56 Å². The highest BCUT2D eigenvalue weighted by atomic mass is 16.4. The Kier molecular flexibility index (Phi) is 5.41. The zero-order valence-corrected chi connectivity index (χ0v) is 15.0. The molecular formula is C20H22N4O2. The van der Waals surface area contributed by atoms with E-state index in [2.05, 4.69) is 28.9 Å². The number of pyridine rings is 1. The predicted octanol–water partition coefficient (Wildman–Crippen LogP) is 3.60. The van der Waals surface area contributed by atoms with Crippen molar-refractivity contribution in [2.75, 3.05) is 0 Å². The number of nitrogens with zero attached hydrogens (tertiary/aromatic N) is 4. The second-order valence-corrected chi connectivity index (χ2v) is 6.11. The Morgan fingerprint density at radius 2 is 1.92 bits per heavy atom. The summed E-state index contributed by atoms with van der Waals surface area (Å²) in [6, 6.07) is 11.0. The Labute approximate surface area is 152 Å². The van der Waals surface area contributed by atoms with E-state index in [1.165, 1.54) is 0 Å². The molecule has 0 saturated heterocycles. The van der Waals surface area contributed by atoms with Crippen LogP contribution in [0.3, 0.4) is 0 Å². The number of aromatic carboxylic acids is 1. The molecule has 0 aliphatic heterocycles. The highest BCUT2D eigenvalue weighted by Crippen LogP contribution is 2.22. The van der Waals surface area contributed by atoms with Gasteiger partial charge in [0.05, 0.1) is 17.8 Å². The lowest BCUT2D eigenvalue weighted by Crippen LogP contribution is -2.07. The number of carboxylic acids is 1. The van der Waals surface area contributed by atoms with Crippen LogP contribution in [0.5, 0.6) is 0 Å². The van der Waals surface area contributed by atoms with Crippen LogP contribution in [0.4, 0.5) is 0 Å². The van der Waals surface area contributed by atoms with Gasteiger partial charge in [-0.2, -0.15) is 5.10 Å². The van der Waals surface area contributed by atoms with Crippen molar-refractivity contribution in [3.05, 3.63) is 65.4 Å². The van der Waals surface area contributed by atoms with Crippen molar-refractivity contribution in [1.82, 2.24) is 19.7 Å². The number of hydrogen-bond acceptors (Lipinski definition) is 4. The van der Waals surface area contributed by atoms with E-state index < -0.39 is 5.97 Å². The Bertz CT molecular complexity index is 900. The first-order chi connectivity index (χ1) is 12.6. The fraction of sp³-hybridized carbons (Fsp3) is 0.300. The van der Waals surface area contributed by atoms with E-state index in [1.54, 1.807) is 18.3 Å². The van der Waals surface area contributed by atoms with Crippen LogP contribution < -0.4 is 0 Å². The van der Waals surface area contributed by atoms with Gasteiger partial charge in [-0.1, -0.05) is 38.1 Å². The van der Waals surface area contributed by atoms with Gasteiger partial charge in [-0.3, -0.25) is 4.98 Å². The number of aryl methyl sites for hydroxylation is 2. The normalized spacial score (nSPS) is 10.8. The molecule has 0 aliphatic carbocycles. The quantitative estimate of drug-likeness (QED) is 0.704. The summed E-state index contributed by atoms with van der Waals surface area (Å²) >= 11 is 0. The summed E-state index contributed by atoms with van der Waals surface area (Å²) in [6.45, 7) is 4.83. The molecule has 1 aromatic carbocycles. The SMILES string of the molecule is CCCc1nc(CC)nn1Cc1ccc(-c2ncccc2C(=O)O)cc1. The molecule has 0 spiro atoms. The molecule has 0 bridgehead atoms. The van der Waals surface area contributed by atoms with Crippen LogP contribution in [0, 0.1) is 0 Å². The van der Waals surface area contributed by atoms with Crippen molar-refractivity contribution in [2.24, 2.45) is 0 Å². The van der Waals surface area contributed by atoms with Crippen molar-refractivity contribution in [3.8, 4) is 11.3 Å². The first kappa shape index (κ1) is 17.8. The smallest absolute Gasteiger partial charge is 0.337 e. The average molecular weight is 350 g/mol. The van der Waals surface area contributed by atoms with E-state index in [1.807, 2.05) is 28.9 Å². The molecule has 26 heavy (non-hydrogen) atoms. The van der Waals surface area contributed by atoms with Crippen molar-refractivity contribution < 1.29 is 9.90 Å². The summed E-state index contributed by atoms with van der Waals surface area (Å²) in [5.74, 6) is 0.895. The van der Waals surface area contributed by atoms with Crippen LogP contribution in [0.15, 0.2) is 42.6 Å². The minimum Gasteiger partial charge on any atom is -0.478 e. The Hall–Kier alpha value is -3.02. The van der Waals surface area contributed by atoms with Crippen LogP contribution in [-0.2, 0) is 19.4 Å². The van der Waals surface area contributed by atoms with Crippen molar-refractivity contribution >= 4 is 5.97 Å². The third-order valence-electron chi connectivity index (χ3n) is 4.18. The molecule has 0 atom stereocenters. The standard InChI is InChI=1S/C20H22N4O2/c1-3-6-18-22-17(4-2)23-24(18)13-14-8-10-15(11-9-14)19-16(20(25)26)7-5-12-21-19/h5,7-12H,3-4,6,13H2,1-2H3,(H,25,26). The molecule has 0 fully saturated rings. The summed E-state index contributed by atoms with van der Waals surface area (Å²) < 4.78 is 1.96. The molecule has 6 nitrogen and oxygen atoms in total. The van der Waals surface area contributed by atoms with Gasteiger partial charge in [0.2, 0.25) is 0 Å². The Morgan fingerprint density at radius 3 is 2.58 bits per heavy atom. The van der Waals surface area contributed by atoms with Gasteiger partial charge in [-0.25, -0.2) is 14.5 Å². The van der Waals surface area contributed by atoms with Gasteiger partial charge in [0, 0.05) is 24.6 Å². The number of carboxylic acid groups (broad SMARTS) is 1. The third-order valence-corrected chi connectivity index (χ3v) is 4.18. The van der Waals surface area contributed by atoms with Gasteiger partial charge in [0.1, 0.15) is 5.82 Å². The molecule has 0 amide bonds. The summed E-state index contributed by atoms with van der Waals surface area (Å²) in [5.41, 5.74) is 2.56. The molecule has 3 rings (SSSR count). The van der Waals surface area contributed by atoms with Gasteiger partial charge < -0.3 is 5.11 Å². The highest BCUT2D eigenvalue weighted by molar-refractivity contribution is 5.94. The second kappa shape index (κ2) is 7.91. The first-order valence-electron chi connectivity index (χ1n) is 8.82. The average Bonchev–Trinajstić information content (AvgIpc) is 3.04. The lowest BCUT2D eigenvalue weighted by molar-refractivity contribution is 0.0697. The van der Waals surface area contributed by atoms with Crippen LogP contribution in [0.2, 0.25) is 0 Å². The zero-order chi connectivity index (χ0) is 18.5. The van der Waals surface area contributed by atoms with Gasteiger partial charge >= 0.3 is 5.97 Å². The van der Waals surface area contributed by atoms with Crippen LogP contribution in [0.25, 0.3) is 11.3 Å². The topological polar surface area (TPSA) is 80.9 Å². The van der Waals surface area contributed by atoms with Crippen LogP contribution >= 0.6 is 0 Å². The number of hydrogen-bond donors (Lipinski definition) is 1. The van der Waals surface area contributed by atoms with Gasteiger partial charge in [-0.05, 0) is 24.1 Å². The van der Waals surface area contributed by atoms with Crippen molar-refractivity contribution in [1.29, 1.82) is 0 Å². The Morgan fingerprint density at radius 1 is 1.15 bits per heavy atom. The zero-order valence-electron chi connectivity index (χ0n) is 15.0. The van der Waals surface area contributed by atoms with Crippen molar-refractivity contribution in [3.63, 3.8) is 0 Å². The number of benzene rings is 1. The second-order valence-electron chi connectivity index (χ2n) is 6.11.